The lowest BCUT2D eigenvalue weighted by Gasteiger charge is -2.39. The topological polar surface area (TPSA) is 95.1 Å². The monoisotopic (exact) mass is 377 g/mol. The van der Waals surface area contributed by atoms with E-state index in [-0.39, 0.29) is 29.0 Å². The zero-order valence-corrected chi connectivity index (χ0v) is 15.1. The second-order valence-corrected chi connectivity index (χ2v) is 8.07. The largest absolute Gasteiger partial charge is 0.335 e. The number of hydrogen-bond donors (Lipinski definition) is 0. The molecule has 3 amide bonds. The average Bonchev–Trinajstić information content (AvgIpc) is 2.82. The summed E-state index contributed by atoms with van der Waals surface area (Å²) in [7, 11) is -4.02. The molecule has 0 radical (unpaired) electrons. The van der Waals surface area contributed by atoms with Gasteiger partial charge in [0.05, 0.1) is 5.56 Å². The molecule has 9 heteroatoms. The molecule has 0 N–H and O–H groups in total. The van der Waals surface area contributed by atoms with Gasteiger partial charge >= 0.3 is 0 Å². The minimum atomic E-state index is -4.02. The quantitative estimate of drug-likeness (QED) is 0.695. The zero-order chi connectivity index (χ0) is 19.1. The summed E-state index contributed by atoms with van der Waals surface area (Å²) >= 11 is 0. The van der Waals surface area contributed by atoms with E-state index in [0.29, 0.717) is 17.4 Å². The lowest BCUT2D eigenvalue weighted by Crippen LogP contribution is -2.57. The second kappa shape index (κ2) is 6.56. The van der Waals surface area contributed by atoms with Crippen LogP contribution in [0.2, 0.25) is 0 Å². The van der Waals surface area contributed by atoms with Crippen LogP contribution in [0.25, 0.3) is 0 Å². The number of hydrogen-bond acceptors (Lipinski definition) is 5. The molecule has 1 aromatic rings. The van der Waals surface area contributed by atoms with E-state index in [9.17, 15) is 22.8 Å². The number of fused-ring (bicyclic) bond motifs is 1. The van der Waals surface area contributed by atoms with Crippen molar-refractivity contribution in [2.75, 3.05) is 26.2 Å². The van der Waals surface area contributed by atoms with Crippen molar-refractivity contribution in [1.82, 2.24) is 14.1 Å². The molecule has 8 nitrogen and oxygen atoms in total. The highest BCUT2D eigenvalue weighted by Crippen LogP contribution is 2.29. The molecule has 0 unspecified atom stereocenters. The molecule has 0 spiro atoms. The molecule has 2 heterocycles. The fourth-order valence-electron chi connectivity index (χ4n) is 3.26. The Labute approximate surface area is 151 Å². The van der Waals surface area contributed by atoms with Gasteiger partial charge < -0.3 is 9.80 Å². The Morgan fingerprint density at radius 1 is 1.27 bits per heavy atom. The standard InChI is InChI=1S/C17H19N3O5S/c1-3-15(21)18-8-9-19(12(2)10-18)16(22)11-20-17(23)13-6-4-5-7-14(13)26(20,24)25/h3-7,12H,1,8-11H2,2H3/t12-/m0/s1. The number of piperazine rings is 1. The Balaban J connectivity index is 1.74. The number of sulfonamides is 1. The first kappa shape index (κ1) is 18.1. The van der Waals surface area contributed by atoms with Gasteiger partial charge in [0.1, 0.15) is 11.4 Å². The van der Waals surface area contributed by atoms with Gasteiger partial charge in [-0.1, -0.05) is 18.7 Å². The molecule has 0 bridgehead atoms. The van der Waals surface area contributed by atoms with Crippen molar-refractivity contribution >= 4 is 27.7 Å². The number of carbonyl (C=O) groups excluding carboxylic acids is 3. The fraction of sp³-hybridized carbons (Fsp3) is 0.353. The number of carbonyl (C=O) groups is 3. The minimum Gasteiger partial charge on any atom is -0.335 e. The summed E-state index contributed by atoms with van der Waals surface area (Å²) < 4.78 is 25.7. The highest BCUT2D eigenvalue weighted by Gasteiger charge is 2.43. The number of rotatable bonds is 3. The molecule has 0 aliphatic carbocycles. The van der Waals surface area contributed by atoms with Crippen LogP contribution >= 0.6 is 0 Å². The van der Waals surface area contributed by atoms with Crippen LogP contribution in [0.4, 0.5) is 0 Å². The Morgan fingerprint density at radius 2 is 1.96 bits per heavy atom. The van der Waals surface area contributed by atoms with Gasteiger partial charge in [0.25, 0.3) is 15.9 Å². The maximum atomic E-state index is 12.6. The third-order valence-electron chi connectivity index (χ3n) is 4.63. The van der Waals surface area contributed by atoms with E-state index in [1.807, 2.05) is 0 Å². The Bertz CT molecular complexity index is 895. The molecule has 1 atom stereocenters. The van der Waals surface area contributed by atoms with E-state index in [1.54, 1.807) is 17.9 Å². The van der Waals surface area contributed by atoms with E-state index in [4.69, 9.17) is 0 Å². The first-order chi connectivity index (χ1) is 12.3. The van der Waals surface area contributed by atoms with E-state index < -0.39 is 28.4 Å². The first-order valence-corrected chi connectivity index (χ1v) is 9.58. The summed E-state index contributed by atoms with van der Waals surface area (Å²) in [5.41, 5.74) is 0.0785. The van der Waals surface area contributed by atoms with Crippen LogP contribution in [0.15, 0.2) is 41.8 Å². The van der Waals surface area contributed by atoms with Crippen LogP contribution in [0.1, 0.15) is 17.3 Å². The lowest BCUT2D eigenvalue weighted by molar-refractivity contribution is -0.140. The molecule has 0 aromatic heterocycles. The highest BCUT2D eigenvalue weighted by atomic mass is 32.2. The lowest BCUT2D eigenvalue weighted by atomic mass is 10.1. The van der Waals surface area contributed by atoms with Crippen molar-refractivity contribution in [3.05, 3.63) is 42.5 Å². The van der Waals surface area contributed by atoms with Crippen LogP contribution in [0.3, 0.4) is 0 Å². The summed E-state index contributed by atoms with van der Waals surface area (Å²) in [5, 5.41) is 0. The van der Waals surface area contributed by atoms with E-state index in [1.165, 1.54) is 29.2 Å². The smallest absolute Gasteiger partial charge is 0.269 e. The molecule has 0 saturated carbocycles. The van der Waals surface area contributed by atoms with Crippen LogP contribution in [0.5, 0.6) is 0 Å². The van der Waals surface area contributed by atoms with Gasteiger partial charge in [-0.2, -0.15) is 0 Å². The molecule has 1 aromatic carbocycles. The Morgan fingerprint density at radius 3 is 2.58 bits per heavy atom. The average molecular weight is 377 g/mol. The van der Waals surface area contributed by atoms with Crippen molar-refractivity contribution in [3.63, 3.8) is 0 Å². The normalized spacial score (nSPS) is 21.5. The van der Waals surface area contributed by atoms with Crippen molar-refractivity contribution in [2.45, 2.75) is 17.9 Å². The van der Waals surface area contributed by atoms with Crippen molar-refractivity contribution in [2.24, 2.45) is 0 Å². The van der Waals surface area contributed by atoms with E-state index in [0.717, 1.165) is 0 Å². The molecule has 1 fully saturated rings. The number of benzene rings is 1. The summed E-state index contributed by atoms with van der Waals surface area (Å²) in [5.74, 6) is -1.37. The van der Waals surface area contributed by atoms with E-state index >= 15 is 0 Å². The predicted octanol–water partition coefficient (Wildman–Crippen LogP) is 0.0764. The second-order valence-electron chi connectivity index (χ2n) is 6.24. The summed E-state index contributed by atoms with van der Waals surface area (Å²) in [6.07, 6.45) is 1.22. The van der Waals surface area contributed by atoms with Gasteiger partial charge in [-0.05, 0) is 25.1 Å². The molecule has 26 heavy (non-hydrogen) atoms. The van der Waals surface area contributed by atoms with E-state index in [2.05, 4.69) is 6.58 Å². The van der Waals surface area contributed by atoms with Gasteiger partial charge in [0.2, 0.25) is 11.8 Å². The summed E-state index contributed by atoms with van der Waals surface area (Å²) in [6.45, 7) is 5.61. The maximum Gasteiger partial charge on any atom is 0.269 e. The van der Waals surface area contributed by atoms with Crippen molar-refractivity contribution in [1.29, 1.82) is 0 Å². The minimum absolute atomic E-state index is 0.0766. The van der Waals surface area contributed by atoms with Gasteiger partial charge in [-0.3, -0.25) is 14.4 Å². The van der Waals surface area contributed by atoms with Gasteiger partial charge in [-0.15, -0.1) is 0 Å². The third-order valence-corrected chi connectivity index (χ3v) is 6.41. The first-order valence-electron chi connectivity index (χ1n) is 8.14. The molecule has 1 saturated heterocycles. The van der Waals surface area contributed by atoms with Crippen LogP contribution in [-0.2, 0) is 19.6 Å². The summed E-state index contributed by atoms with van der Waals surface area (Å²) in [6, 6.07) is 5.61. The molecular weight excluding hydrogens is 358 g/mol. The molecular formula is C17H19N3O5S. The van der Waals surface area contributed by atoms with Gasteiger partial charge in [0.15, 0.2) is 0 Å². The Hall–Kier alpha value is -2.68. The van der Waals surface area contributed by atoms with Crippen LogP contribution < -0.4 is 0 Å². The van der Waals surface area contributed by atoms with Crippen molar-refractivity contribution in [3.8, 4) is 0 Å². The fourth-order valence-corrected chi connectivity index (χ4v) is 4.78. The predicted molar refractivity (Wildman–Crippen MR) is 92.6 cm³/mol. The zero-order valence-electron chi connectivity index (χ0n) is 14.3. The molecule has 138 valence electrons. The van der Waals surface area contributed by atoms with Crippen molar-refractivity contribution < 1.29 is 22.8 Å². The van der Waals surface area contributed by atoms with Gasteiger partial charge in [0, 0.05) is 25.7 Å². The summed E-state index contributed by atoms with van der Waals surface area (Å²) in [4.78, 5) is 39.7. The van der Waals surface area contributed by atoms with Crippen LogP contribution in [0, 0.1) is 0 Å². The van der Waals surface area contributed by atoms with Gasteiger partial charge in [-0.25, -0.2) is 12.7 Å². The molecule has 2 aliphatic heterocycles. The third kappa shape index (κ3) is 2.88. The highest BCUT2D eigenvalue weighted by molar-refractivity contribution is 7.90. The maximum absolute atomic E-state index is 12.6. The molecule has 2 aliphatic rings. The number of amides is 3. The SMILES string of the molecule is C=CC(=O)N1CCN(C(=O)CN2C(=O)c3ccccc3S2(=O)=O)[C@@H](C)C1. The van der Waals surface area contributed by atoms with Crippen LogP contribution in [-0.4, -0.2) is 72.5 Å². The molecule has 3 rings (SSSR count). The Kier molecular flexibility index (Phi) is 4.57. The number of nitrogens with zero attached hydrogens (tertiary/aromatic N) is 3.